The van der Waals surface area contributed by atoms with Crippen LogP contribution in [0.1, 0.15) is 28.8 Å². The molecule has 2 aromatic rings. The molecule has 160 valence electrons. The molecule has 1 heterocycles. The van der Waals surface area contributed by atoms with Gasteiger partial charge in [-0.1, -0.05) is 24.3 Å². The first-order valence-corrected chi connectivity index (χ1v) is 11.2. The third-order valence-electron chi connectivity index (χ3n) is 5.51. The lowest BCUT2D eigenvalue weighted by atomic mass is 9.96. The van der Waals surface area contributed by atoms with Gasteiger partial charge in [-0.25, -0.2) is 8.42 Å². The van der Waals surface area contributed by atoms with Crippen molar-refractivity contribution in [2.24, 2.45) is 5.92 Å². The average Bonchev–Trinajstić information content (AvgIpc) is 2.78. The summed E-state index contributed by atoms with van der Waals surface area (Å²) in [6, 6.07) is 13.3. The second-order valence-electron chi connectivity index (χ2n) is 7.38. The first-order valence-electron chi connectivity index (χ1n) is 9.77. The van der Waals surface area contributed by atoms with Crippen LogP contribution in [-0.4, -0.2) is 52.4 Å². The minimum atomic E-state index is -3.74. The van der Waals surface area contributed by atoms with Gasteiger partial charge in [0.2, 0.25) is 0 Å². The zero-order valence-corrected chi connectivity index (χ0v) is 18.2. The highest BCUT2D eigenvalue weighted by molar-refractivity contribution is 7.92. The number of aryl methyl sites for hydroxylation is 1. The molecule has 0 N–H and O–H groups in total. The number of anilines is 1. The Kier molecular flexibility index (Phi) is 6.45. The number of esters is 1. The summed E-state index contributed by atoms with van der Waals surface area (Å²) in [6.45, 7) is 2.72. The number of hydrogen-bond acceptors (Lipinski definition) is 5. The fourth-order valence-corrected chi connectivity index (χ4v) is 4.90. The number of sulfonamides is 1. The van der Waals surface area contributed by atoms with E-state index in [1.807, 2.05) is 6.92 Å². The molecule has 1 saturated heterocycles. The SMILES string of the molecule is COC(=O)C1CCN(C(=O)c2ccc(C)c(N(C)S(=O)(=O)c3ccccc3)c2)CC1. The molecule has 3 rings (SSSR count). The Morgan fingerprint density at radius 3 is 2.30 bits per heavy atom. The molecule has 1 amide bonds. The van der Waals surface area contributed by atoms with Crippen molar-refractivity contribution < 1.29 is 22.7 Å². The van der Waals surface area contributed by atoms with E-state index in [1.165, 1.54) is 18.5 Å². The maximum atomic E-state index is 13.0. The number of carbonyl (C=O) groups is 2. The van der Waals surface area contributed by atoms with E-state index >= 15 is 0 Å². The highest BCUT2D eigenvalue weighted by atomic mass is 32.2. The Labute approximate surface area is 177 Å². The van der Waals surface area contributed by atoms with E-state index in [1.54, 1.807) is 53.4 Å². The molecule has 30 heavy (non-hydrogen) atoms. The van der Waals surface area contributed by atoms with Crippen LogP contribution in [0.25, 0.3) is 0 Å². The van der Waals surface area contributed by atoms with Crippen molar-refractivity contribution in [3.8, 4) is 0 Å². The van der Waals surface area contributed by atoms with Crippen LogP contribution in [0.3, 0.4) is 0 Å². The van der Waals surface area contributed by atoms with Gasteiger partial charge in [0.25, 0.3) is 15.9 Å². The third-order valence-corrected chi connectivity index (χ3v) is 7.30. The summed E-state index contributed by atoms with van der Waals surface area (Å²) in [5, 5.41) is 0. The normalized spacial score (nSPS) is 15.0. The molecule has 0 aliphatic carbocycles. The first-order chi connectivity index (χ1) is 14.3. The zero-order valence-electron chi connectivity index (χ0n) is 17.4. The van der Waals surface area contributed by atoms with Crippen molar-refractivity contribution in [2.45, 2.75) is 24.7 Å². The van der Waals surface area contributed by atoms with E-state index in [-0.39, 0.29) is 22.7 Å². The Bertz CT molecular complexity index is 1030. The predicted molar refractivity (Wildman–Crippen MR) is 114 cm³/mol. The van der Waals surface area contributed by atoms with Crippen molar-refractivity contribution >= 4 is 27.6 Å². The molecule has 0 spiro atoms. The fourth-order valence-electron chi connectivity index (χ4n) is 3.63. The van der Waals surface area contributed by atoms with E-state index in [4.69, 9.17) is 4.74 Å². The smallest absolute Gasteiger partial charge is 0.308 e. The molecule has 0 unspecified atom stereocenters. The summed E-state index contributed by atoms with van der Waals surface area (Å²) in [4.78, 5) is 26.6. The third kappa shape index (κ3) is 4.33. The summed E-state index contributed by atoms with van der Waals surface area (Å²) in [6.07, 6.45) is 1.11. The van der Waals surface area contributed by atoms with Crippen LogP contribution in [0.4, 0.5) is 5.69 Å². The largest absolute Gasteiger partial charge is 0.469 e. The average molecular weight is 431 g/mol. The molecule has 2 aromatic carbocycles. The Morgan fingerprint density at radius 1 is 1.07 bits per heavy atom. The summed E-state index contributed by atoms with van der Waals surface area (Å²) >= 11 is 0. The van der Waals surface area contributed by atoms with Crippen molar-refractivity contribution in [2.75, 3.05) is 31.6 Å². The summed E-state index contributed by atoms with van der Waals surface area (Å²) in [7, 11) is -0.889. The van der Waals surface area contributed by atoms with E-state index in [0.29, 0.717) is 37.2 Å². The van der Waals surface area contributed by atoms with Crippen LogP contribution >= 0.6 is 0 Å². The molecular formula is C22H26N2O5S. The number of carbonyl (C=O) groups excluding carboxylic acids is 2. The predicted octanol–water partition coefficient (Wildman–Crippen LogP) is 2.85. The number of ether oxygens (including phenoxy) is 1. The van der Waals surface area contributed by atoms with Crippen LogP contribution in [0.2, 0.25) is 0 Å². The summed E-state index contributed by atoms with van der Waals surface area (Å²) in [5.74, 6) is -0.604. The Balaban J connectivity index is 1.82. The van der Waals surface area contributed by atoms with Gasteiger partial charge < -0.3 is 9.64 Å². The van der Waals surface area contributed by atoms with Gasteiger partial charge in [-0.3, -0.25) is 13.9 Å². The van der Waals surface area contributed by atoms with Crippen molar-refractivity contribution in [3.05, 3.63) is 59.7 Å². The quantitative estimate of drug-likeness (QED) is 0.681. The van der Waals surface area contributed by atoms with Crippen LogP contribution < -0.4 is 4.31 Å². The fraction of sp³-hybridized carbons (Fsp3) is 0.364. The van der Waals surface area contributed by atoms with Gasteiger partial charge in [0.1, 0.15) is 0 Å². The molecule has 0 bridgehead atoms. The summed E-state index contributed by atoms with van der Waals surface area (Å²) < 4.78 is 32.0. The number of benzene rings is 2. The number of likely N-dealkylation sites (tertiary alicyclic amines) is 1. The Hall–Kier alpha value is -2.87. The highest BCUT2D eigenvalue weighted by Crippen LogP contribution is 2.28. The van der Waals surface area contributed by atoms with Crippen LogP contribution in [0, 0.1) is 12.8 Å². The van der Waals surface area contributed by atoms with Gasteiger partial charge in [0.05, 0.1) is 23.6 Å². The number of hydrogen-bond donors (Lipinski definition) is 0. The van der Waals surface area contributed by atoms with E-state index in [0.717, 1.165) is 5.56 Å². The lowest BCUT2D eigenvalue weighted by Gasteiger charge is -2.31. The van der Waals surface area contributed by atoms with Crippen molar-refractivity contribution in [1.82, 2.24) is 4.90 Å². The number of methoxy groups -OCH3 is 1. The standard InChI is InChI=1S/C22H26N2O5S/c1-16-9-10-18(21(25)24-13-11-17(12-14-24)22(26)29-3)15-20(16)23(2)30(27,28)19-7-5-4-6-8-19/h4-10,15,17H,11-14H2,1-3H3. The molecule has 1 fully saturated rings. The zero-order chi connectivity index (χ0) is 21.9. The Morgan fingerprint density at radius 2 is 1.70 bits per heavy atom. The molecule has 7 nitrogen and oxygen atoms in total. The van der Waals surface area contributed by atoms with E-state index in [2.05, 4.69) is 0 Å². The van der Waals surface area contributed by atoms with Crippen LogP contribution in [0.5, 0.6) is 0 Å². The van der Waals surface area contributed by atoms with Gasteiger partial charge in [0, 0.05) is 25.7 Å². The molecule has 1 aliphatic heterocycles. The number of rotatable bonds is 5. The second kappa shape index (κ2) is 8.87. The molecule has 0 saturated carbocycles. The topological polar surface area (TPSA) is 84.0 Å². The maximum absolute atomic E-state index is 13.0. The second-order valence-corrected chi connectivity index (χ2v) is 9.35. The first kappa shape index (κ1) is 21.8. The lowest BCUT2D eigenvalue weighted by Crippen LogP contribution is -2.40. The maximum Gasteiger partial charge on any atom is 0.308 e. The van der Waals surface area contributed by atoms with Gasteiger partial charge in [0.15, 0.2) is 0 Å². The van der Waals surface area contributed by atoms with Crippen LogP contribution in [0.15, 0.2) is 53.4 Å². The molecule has 0 aromatic heterocycles. The van der Waals surface area contributed by atoms with E-state index in [9.17, 15) is 18.0 Å². The van der Waals surface area contributed by atoms with Gasteiger partial charge >= 0.3 is 5.97 Å². The highest BCUT2D eigenvalue weighted by Gasteiger charge is 2.29. The molecular weight excluding hydrogens is 404 g/mol. The monoisotopic (exact) mass is 430 g/mol. The number of nitrogens with zero attached hydrogens (tertiary/aromatic N) is 2. The van der Waals surface area contributed by atoms with E-state index < -0.39 is 10.0 Å². The molecule has 0 radical (unpaired) electrons. The van der Waals surface area contributed by atoms with Crippen LogP contribution in [-0.2, 0) is 19.6 Å². The number of amides is 1. The molecule has 8 heteroatoms. The minimum absolute atomic E-state index is 0.176. The minimum Gasteiger partial charge on any atom is -0.469 e. The molecule has 0 atom stereocenters. The van der Waals surface area contributed by atoms with Gasteiger partial charge in [-0.15, -0.1) is 0 Å². The van der Waals surface area contributed by atoms with Gasteiger partial charge in [-0.05, 0) is 49.6 Å². The van der Waals surface area contributed by atoms with Crippen molar-refractivity contribution in [1.29, 1.82) is 0 Å². The van der Waals surface area contributed by atoms with Gasteiger partial charge in [-0.2, -0.15) is 0 Å². The summed E-state index contributed by atoms with van der Waals surface area (Å²) in [5.41, 5.74) is 1.62. The number of piperidine rings is 1. The molecule has 1 aliphatic rings. The van der Waals surface area contributed by atoms with Crippen molar-refractivity contribution in [3.63, 3.8) is 0 Å². The lowest BCUT2D eigenvalue weighted by molar-refractivity contribution is -0.146.